The van der Waals surface area contributed by atoms with E-state index < -0.39 is 5.60 Å². The van der Waals surface area contributed by atoms with Gasteiger partial charge in [-0.05, 0) is 57.9 Å². The van der Waals surface area contributed by atoms with E-state index in [2.05, 4.69) is 26.0 Å². The Morgan fingerprint density at radius 3 is 2.61 bits per heavy atom. The number of anilines is 3. The number of amides is 1. The first kappa shape index (κ1) is 21.4. The normalized spacial score (nSPS) is 19.2. The van der Waals surface area contributed by atoms with Crippen LogP contribution in [0.5, 0.6) is 0 Å². The molecule has 1 aliphatic carbocycles. The number of nitrogens with one attached hydrogen (secondary N) is 3. The van der Waals surface area contributed by atoms with Gasteiger partial charge in [0.25, 0.3) is 0 Å². The molecule has 0 saturated heterocycles. The van der Waals surface area contributed by atoms with E-state index in [0.717, 1.165) is 47.4 Å². The van der Waals surface area contributed by atoms with Crippen LogP contribution in [0, 0.1) is 0 Å². The Balaban J connectivity index is 1.39. The highest BCUT2D eigenvalue weighted by atomic mass is 32.1. The van der Waals surface area contributed by atoms with Crippen molar-refractivity contribution in [1.29, 1.82) is 0 Å². The van der Waals surface area contributed by atoms with Crippen molar-refractivity contribution in [2.75, 3.05) is 10.6 Å². The van der Waals surface area contributed by atoms with Gasteiger partial charge in [-0.15, -0.1) is 11.3 Å². The van der Waals surface area contributed by atoms with Crippen molar-refractivity contribution in [1.82, 2.24) is 25.1 Å². The average Bonchev–Trinajstić information content (AvgIpc) is 3.31. The number of ether oxygens (including phenoxy) is 1. The molecule has 3 heterocycles. The molecule has 1 saturated carbocycles. The zero-order valence-corrected chi connectivity index (χ0v) is 19.1. The summed E-state index contributed by atoms with van der Waals surface area (Å²) in [4.78, 5) is 21.4. The Labute approximate surface area is 185 Å². The third kappa shape index (κ3) is 5.63. The topological polar surface area (TPSA) is 106 Å². The number of hydrogen-bond acceptors (Lipinski definition) is 8. The molecule has 4 rings (SSSR count). The maximum atomic E-state index is 12.0. The van der Waals surface area contributed by atoms with Gasteiger partial charge in [-0.3, -0.25) is 4.68 Å². The molecular formula is C21H29N7O2S. The summed E-state index contributed by atoms with van der Waals surface area (Å²) >= 11 is 1.63. The van der Waals surface area contributed by atoms with E-state index in [4.69, 9.17) is 9.72 Å². The fourth-order valence-corrected chi connectivity index (χ4v) is 4.47. The highest BCUT2D eigenvalue weighted by molar-refractivity contribution is 7.17. The van der Waals surface area contributed by atoms with Crippen LogP contribution >= 0.6 is 11.3 Å². The van der Waals surface area contributed by atoms with Crippen LogP contribution in [0.4, 0.5) is 22.2 Å². The van der Waals surface area contributed by atoms with Gasteiger partial charge in [-0.1, -0.05) is 0 Å². The van der Waals surface area contributed by atoms with Crippen LogP contribution in [0.3, 0.4) is 0 Å². The largest absolute Gasteiger partial charge is 0.444 e. The number of fused-ring (bicyclic) bond motifs is 1. The third-order valence-electron chi connectivity index (χ3n) is 5.05. The van der Waals surface area contributed by atoms with E-state index in [9.17, 15) is 4.79 Å². The van der Waals surface area contributed by atoms with E-state index in [1.165, 1.54) is 0 Å². The maximum absolute atomic E-state index is 12.0. The second-order valence-electron chi connectivity index (χ2n) is 8.90. The molecule has 0 atom stereocenters. The summed E-state index contributed by atoms with van der Waals surface area (Å²) < 4.78 is 8.15. The van der Waals surface area contributed by atoms with Crippen LogP contribution in [-0.4, -0.2) is 43.5 Å². The average molecular weight is 444 g/mol. The third-order valence-corrected chi connectivity index (χ3v) is 5.96. The lowest BCUT2D eigenvalue weighted by atomic mass is 9.91. The van der Waals surface area contributed by atoms with Gasteiger partial charge in [0, 0.05) is 25.3 Å². The number of hydrogen-bond donors (Lipinski definition) is 3. The van der Waals surface area contributed by atoms with Crippen molar-refractivity contribution in [3.8, 4) is 0 Å². The highest BCUT2D eigenvalue weighted by Crippen LogP contribution is 2.31. The lowest BCUT2D eigenvalue weighted by molar-refractivity contribution is 0.0492. The molecule has 3 N–H and O–H groups in total. The van der Waals surface area contributed by atoms with Gasteiger partial charge < -0.3 is 20.7 Å². The first-order valence-corrected chi connectivity index (χ1v) is 11.4. The molecule has 166 valence electrons. The number of aryl methyl sites for hydroxylation is 1. The van der Waals surface area contributed by atoms with E-state index in [0.29, 0.717) is 12.0 Å². The van der Waals surface area contributed by atoms with Gasteiger partial charge in [0.2, 0.25) is 5.95 Å². The molecule has 1 amide bonds. The lowest BCUT2D eigenvalue weighted by Crippen LogP contribution is -2.42. The van der Waals surface area contributed by atoms with Crippen LogP contribution in [0.25, 0.3) is 10.2 Å². The van der Waals surface area contributed by atoms with Crippen molar-refractivity contribution in [3.63, 3.8) is 0 Å². The van der Waals surface area contributed by atoms with Crippen LogP contribution in [-0.2, 0) is 11.8 Å². The lowest BCUT2D eigenvalue weighted by Gasteiger charge is -2.30. The zero-order chi connectivity index (χ0) is 22.0. The fraction of sp³-hybridized carbons (Fsp3) is 0.524. The molecule has 1 fully saturated rings. The quantitative estimate of drug-likeness (QED) is 0.536. The number of aromatic nitrogens is 4. The molecule has 10 heteroatoms. The van der Waals surface area contributed by atoms with Gasteiger partial charge in [-0.2, -0.15) is 10.1 Å². The first-order valence-electron chi connectivity index (χ1n) is 10.5. The molecule has 31 heavy (non-hydrogen) atoms. The predicted molar refractivity (Wildman–Crippen MR) is 123 cm³/mol. The van der Waals surface area contributed by atoms with Crippen LogP contribution in [0.15, 0.2) is 23.8 Å². The number of rotatable bonds is 5. The minimum atomic E-state index is -0.483. The summed E-state index contributed by atoms with van der Waals surface area (Å²) in [6.45, 7) is 5.62. The first-order chi connectivity index (χ1) is 14.7. The van der Waals surface area contributed by atoms with E-state index in [1.807, 2.05) is 45.5 Å². The summed E-state index contributed by atoms with van der Waals surface area (Å²) in [7, 11) is 1.87. The second-order valence-corrected chi connectivity index (χ2v) is 9.81. The predicted octanol–water partition coefficient (Wildman–Crippen LogP) is 4.42. The smallest absolute Gasteiger partial charge is 0.407 e. The van der Waals surface area contributed by atoms with Crippen molar-refractivity contribution in [2.45, 2.75) is 64.1 Å². The summed E-state index contributed by atoms with van der Waals surface area (Å²) in [5, 5.41) is 16.0. The molecular weight excluding hydrogens is 414 g/mol. The molecule has 0 spiro atoms. The van der Waals surface area contributed by atoms with E-state index in [-0.39, 0.29) is 12.1 Å². The summed E-state index contributed by atoms with van der Waals surface area (Å²) in [5.74, 6) is 1.39. The zero-order valence-electron chi connectivity index (χ0n) is 18.3. The van der Waals surface area contributed by atoms with Crippen LogP contribution in [0.2, 0.25) is 0 Å². The number of nitrogens with zero attached hydrogens (tertiary/aromatic N) is 4. The Morgan fingerprint density at radius 1 is 1.19 bits per heavy atom. The summed E-state index contributed by atoms with van der Waals surface area (Å²) in [6.07, 6.45) is 6.98. The molecule has 3 aromatic rings. The number of carbonyl (C=O) groups excluding carboxylic acids is 1. The molecule has 9 nitrogen and oxygen atoms in total. The number of thiophene rings is 1. The number of alkyl carbamates (subject to hydrolysis) is 1. The molecule has 0 unspecified atom stereocenters. The monoisotopic (exact) mass is 443 g/mol. The fourth-order valence-electron chi connectivity index (χ4n) is 3.68. The SMILES string of the molecule is Cn1cc(Nc2nc(N[C@H]3CC[C@@H](NC(=O)OC(C)(C)C)CC3)c3sccc3n2)cn1. The van der Waals surface area contributed by atoms with Gasteiger partial charge in [0.1, 0.15) is 11.4 Å². The van der Waals surface area contributed by atoms with Crippen LogP contribution < -0.4 is 16.0 Å². The standard InChI is InChI=1S/C21H29N7O2S/c1-21(2,3)30-20(29)25-14-7-5-13(6-8-14)23-18-17-16(9-10-31-17)26-19(27-18)24-15-11-22-28(4)12-15/h9-14H,5-8H2,1-4H3,(H,25,29)(H2,23,24,26,27)/t13-,14+. The Morgan fingerprint density at radius 2 is 1.94 bits per heavy atom. The van der Waals surface area contributed by atoms with Crippen molar-refractivity contribution >= 4 is 45.1 Å². The molecule has 0 radical (unpaired) electrons. The molecule has 3 aromatic heterocycles. The molecule has 0 aromatic carbocycles. The van der Waals surface area contributed by atoms with Gasteiger partial charge in [-0.25, -0.2) is 9.78 Å². The maximum Gasteiger partial charge on any atom is 0.407 e. The van der Waals surface area contributed by atoms with Gasteiger partial charge in [0.15, 0.2) is 0 Å². The van der Waals surface area contributed by atoms with Crippen molar-refractivity contribution < 1.29 is 9.53 Å². The molecule has 0 bridgehead atoms. The molecule has 1 aliphatic rings. The second kappa shape index (κ2) is 8.70. The minimum absolute atomic E-state index is 0.142. The minimum Gasteiger partial charge on any atom is -0.444 e. The van der Waals surface area contributed by atoms with Crippen molar-refractivity contribution in [3.05, 3.63) is 23.8 Å². The van der Waals surface area contributed by atoms with E-state index in [1.54, 1.807) is 22.2 Å². The summed E-state index contributed by atoms with van der Waals surface area (Å²) in [6, 6.07) is 2.44. The Kier molecular flexibility index (Phi) is 5.99. The highest BCUT2D eigenvalue weighted by Gasteiger charge is 2.25. The van der Waals surface area contributed by atoms with Crippen molar-refractivity contribution in [2.24, 2.45) is 7.05 Å². The van der Waals surface area contributed by atoms with Gasteiger partial charge in [0.05, 0.1) is 22.1 Å². The Bertz CT molecular complexity index is 1050. The number of carbonyl (C=O) groups is 1. The Hall–Kier alpha value is -2.88. The molecule has 0 aliphatic heterocycles. The van der Waals surface area contributed by atoms with Crippen LogP contribution in [0.1, 0.15) is 46.5 Å². The van der Waals surface area contributed by atoms with Gasteiger partial charge >= 0.3 is 6.09 Å². The van der Waals surface area contributed by atoms with E-state index >= 15 is 0 Å². The summed E-state index contributed by atoms with van der Waals surface area (Å²) in [5.41, 5.74) is 1.27.